The minimum absolute atomic E-state index is 0.642. The van der Waals surface area contributed by atoms with Gasteiger partial charge in [-0.1, -0.05) is 28.9 Å². The summed E-state index contributed by atoms with van der Waals surface area (Å²) in [5.74, 6) is 0. The van der Waals surface area contributed by atoms with Crippen LogP contribution in [-0.4, -0.2) is 4.68 Å². The quantitative estimate of drug-likeness (QED) is 0.412. The van der Waals surface area contributed by atoms with Crippen molar-refractivity contribution in [2.24, 2.45) is 7.05 Å². The minimum Gasteiger partial charge on any atom is -0.192 e. The largest absolute Gasteiger partial charge is 0.246 e. The van der Waals surface area contributed by atoms with Gasteiger partial charge in [0.1, 0.15) is 5.52 Å². The third-order valence-corrected chi connectivity index (χ3v) is 5.87. The summed E-state index contributed by atoms with van der Waals surface area (Å²) in [5.41, 5.74) is 7.19. The number of benzene rings is 3. The maximum atomic E-state index is 9.79. The number of fused-ring (bicyclic) bond motifs is 2. The molecule has 2 aromatic heterocycles. The van der Waals surface area contributed by atoms with Gasteiger partial charge in [-0.25, -0.2) is 0 Å². The Labute approximate surface area is 175 Å². The molecule has 2 heterocycles. The molecule has 0 aliphatic heterocycles. The predicted octanol–water partition coefficient (Wildman–Crippen LogP) is 4.37. The van der Waals surface area contributed by atoms with Gasteiger partial charge in [0.25, 0.3) is 0 Å². The van der Waals surface area contributed by atoms with Gasteiger partial charge in [0.2, 0.25) is 23.1 Å². The van der Waals surface area contributed by atoms with E-state index >= 15 is 0 Å². The molecule has 0 radical (unpaired) electrons. The lowest BCUT2D eigenvalue weighted by atomic mass is 10.1. The van der Waals surface area contributed by atoms with Crippen molar-refractivity contribution in [1.29, 1.82) is 5.26 Å². The van der Waals surface area contributed by atoms with Crippen LogP contribution < -0.4 is 9.25 Å². The second-order valence-electron chi connectivity index (χ2n) is 7.68. The van der Waals surface area contributed by atoms with E-state index in [9.17, 15) is 5.26 Å². The van der Waals surface area contributed by atoms with Gasteiger partial charge in [0.05, 0.1) is 29.6 Å². The van der Waals surface area contributed by atoms with Crippen LogP contribution in [0.2, 0.25) is 0 Å². The van der Waals surface area contributed by atoms with Crippen LogP contribution in [0.25, 0.3) is 33.2 Å². The lowest BCUT2D eigenvalue weighted by molar-refractivity contribution is -0.680. The van der Waals surface area contributed by atoms with E-state index in [4.69, 9.17) is 0 Å². The lowest BCUT2D eigenvalue weighted by Crippen LogP contribution is -2.42. The molecular formula is C26H22N4+2. The second kappa shape index (κ2) is 6.82. The molecule has 5 aromatic rings. The zero-order chi connectivity index (χ0) is 20.8. The van der Waals surface area contributed by atoms with Crippen molar-refractivity contribution < 1.29 is 9.25 Å². The molecule has 0 bridgehead atoms. The standard InChI is InChI=1S/C26H22N4/c1-18-12-13-21-8-4-7-11-24(21)30(18)26-15-20(16-27)14-25(19(26)2)29-17-22-9-5-6-10-23(22)28(29)3/h4-15,17H,1-3H3/q+2. The fourth-order valence-corrected chi connectivity index (χ4v) is 4.30. The van der Waals surface area contributed by atoms with Gasteiger partial charge in [0, 0.05) is 36.6 Å². The molecule has 0 spiro atoms. The molecule has 0 saturated heterocycles. The highest BCUT2D eigenvalue weighted by atomic mass is 15.4. The topological polar surface area (TPSA) is 36.5 Å². The highest BCUT2D eigenvalue weighted by molar-refractivity contribution is 5.78. The molecule has 4 heteroatoms. The Bertz CT molecular complexity index is 1490. The first kappa shape index (κ1) is 18.1. The summed E-state index contributed by atoms with van der Waals surface area (Å²) in [6.07, 6.45) is 2.13. The SMILES string of the molecule is Cc1c(-[n+]2c(C)ccc3ccccc32)cc(C#N)cc1-[n+]1cc2ccccc2n1C. The van der Waals surface area contributed by atoms with Crippen molar-refractivity contribution in [3.63, 3.8) is 0 Å². The minimum atomic E-state index is 0.642. The van der Waals surface area contributed by atoms with Crippen LogP contribution in [0.1, 0.15) is 16.8 Å². The van der Waals surface area contributed by atoms with Gasteiger partial charge in [-0.3, -0.25) is 0 Å². The summed E-state index contributed by atoms with van der Waals surface area (Å²) < 4.78 is 6.51. The summed E-state index contributed by atoms with van der Waals surface area (Å²) in [4.78, 5) is 0. The van der Waals surface area contributed by atoms with Crippen LogP contribution in [0.15, 0.2) is 79.0 Å². The molecule has 0 atom stereocenters. The molecule has 0 fully saturated rings. The van der Waals surface area contributed by atoms with Gasteiger partial charge in [-0.15, -0.1) is 0 Å². The summed E-state index contributed by atoms with van der Waals surface area (Å²) >= 11 is 0. The van der Waals surface area contributed by atoms with Crippen molar-refractivity contribution in [3.05, 3.63) is 95.8 Å². The molecule has 3 aromatic carbocycles. The van der Waals surface area contributed by atoms with Crippen molar-refractivity contribution in [3.8, 4) is 17.4 Å². The van der Waals surface area contributed by atoms with Crippen molar-refractivity contribution in [1.82, 2.24) is 4.68 Å². The van der Waals surface area contributed by atoms with E-state index in [1.165, 1.54) is 5.39 Å². The Morgan fingerprint density at radius 1 is 0.833 bits per heavy atom. The van der Waals surface area contributed by atoms with Crippen molar-refractivity contribution in [2.45, 2.75) is 13.8 Å². The van der Waals surface area contributed by atoms with Crippen LogP contribution in [0, 0.1) is 25.2 Å². The van der Waals surface area contributed by atoms with E-state index in [0.717, 1.165) is 39.1 Å². The molecule has 0 N–H and O–H groups in total. The first-order chi connectivity index (χ1) is 14.6. The lowest BCUT2D eigenvalue weighted by Gasteiger charge is -2.08. The number of hydrogen-bond acceptors (Lipinski definition) is 1. The molecule has 4 nitrogen and oxygen atoms in total. The summed E-state index contributed by atoms with van der Waals surface area (Å²) in [6, 6.07) is 27.3. The summed E-state index contributed by atoms with van der Waals surface area (Å²) in [6.45, 7) is 4.24. The van der Waals surface area contributed by atoms with Gasteiger partial charge >= 0.3 is 0 Å². The molecule has 0 saturated carbocycles. The predicted molar refractivity (Wildman–Crippen MR) is 118 cm³/mol. The Morgan fingerprint density at radius 3 is 2.30 bits per heavy atom. The number of aryl methyl sites for hydroxylation is 2. The number of nitriles is 1. The van der Waals surface area contributed by atoms with Crippen LogP contribution in [0.5, 0.6) is 0 Å². The Balaban J connectivity index is 1.86. The molecule has 144 valence electrons. The van der Waals surface area contributed by atoms with Crippen LogP contribution in [0.3, 0.4) is 0 Å². The number of para-hydroxylation sites is 2. The highest BCUT2D eigenvalue weighted by Gasteiger charge is 2.27. The van der Waals surface area contributed by atoms with Gasteiger partial charge in [-0.2, -0.15) is 14.5 Å². The molecular weight excluding hydrogens is 368 g/mol. The Morgan fingerprint density at radius 2 is 1.53 bits per heavy atom. The fourth-order valence-electron chi connectivity index (χ4n) is 4.30. The molecule has 0 unspecified atom stereocenters. The maximum absolute atomic E-state index is 9.79. The number of pyridine rings is 1. The van der Waals surface area contributed by atoms with E-state index in [2.05, 4.69) is 95.6 Å². The van der Waals surface area contributed by atoms with E-state index in [-0.39, 0.29) is 0 Å². The molecule has 5 rings (SSSR count). The van der Waals surface area contributed by atoms with Gasteiger partial charge in [-0.05, 0) is 31.2 Å². The maximum Gasteiger partial charge on any atom is 0.246 e. The Hall–Kier alpha value is -3.97. The second-order valence-corrected chi connectivity index (χ2v) is 7.68. The first-order valence-corrected chi connectivity index (χ1v) is 10.0. The highest BCUT2D eigenvalue weighted by Crippen LogP contribution is 2.22. The zero-order valence-electron chi connectivity index (χ0n) is 17.3. The monoisotopic (exact) mass is 390 g/mol. The zero-order valence-corrected chi connectivity index (χ0v) is 17.3. The van der Waals surface area contributed by atoms with Crippen LogP contribution >= 0.6 is 0 Å². The van der Waals surface area contributed by atoms with E-state index in [1.807, 2.05) is 24.3 Å². The Kier molecular flexibility index (Phi) is 4.11. The average Bonchev–Trinajstić information content (AvgIpc) is 3.11. The fraction of sp³-hybridized carbons (Fsp3) is 0.115. The van der Waals surface area contributed by atoms with Crippen LogP contribution in [-0.2, 0) is 7.05 Å². The normalized spacial score (nSPS) is 11.1. The van der Waals surface area contributed by atoms with E-state index in [1.54, 1.807) is 0 Å². The van der Waals surface area contributed by atoms with E-state index < -0.39 is 0 Å². The number of aromatic nitrogens is 3. The smallest absolute Gasteiger partial charge is 0.192 e. The van der Waals surface area contributed by atoms with Crippen LogP contribution in [0.4, 0.5) is 0 Å². The molecule has 0 aliphatic carbocycles. The molecule has 0 aliphatic rings. The first-order valence-electron chi connectivity index (χ1n) is 10.0. The van der Waals surface area contributed by atoms with Crippen molar-refractivity contribution >= 4 is 21.8 Å². The number of nitrogens with zero attached hydrogens (tertiary/aromatic N) is 4. The third kappa shape index (κ3) is 2.67. The van der Waals surface area contributed by atoms with E-state index in [0.29, 0.717) is 5.56 Å². The van der Waals surface area contributed by atoms with Gasteiger partial charge < -0.3 is 0 Å². The molecule has 0 amide bonds. The number of rotatable bonds is 2. The average molecular weight is 390 g/mol. The summed E-state index contributed by atoms with van der Waals surface area (Å²) in [5, 5.41) is 12.1. The van der Waals surface area contributed by atoms with Gasteiger partial charge in [0.15, 0.2) is 5.69 Å². The molecule has 30 heavy (non-hydrogen) atoms. The summed E-state index contributed by atoms with van der Waals surface area (Å²) in [7, 11) is 2.05. The van der Waals surface area contributed by atoms with Crippen molar-refractivity contribution in [2.75, 3.05) is 0 Å². The third-order valence-electron chi connectivity index (χ3n) is 5.87. The number of hydrogen-bond donors (Lipinski definition) is 0.